The number of thiazole rings is 1. The summed E-state index contributed by atoms with van der Waals surface area (Å²) in [5.74, 6) is 0.575. The van der Waals surface area contributed by atoms with Crippen LogP contribution in [0.4, 0.5) is 0 Å². The molecule has 1 aromatic carbocycles. The fraction of sp³-hybridized carbons (Fsp3) is 0.350. The molecule has 2 fully saturated rings. The minimum absolute atomic E-state index is 0.0127. The van der Waals surface area contributed by atoms with E-state index in [9.17, 15) is 9.59 Å². The molecule has 138 valence electrons. The zero-order chi connectivity index (χ0) is 18.5. The number of aryl methyl sites for hydroxylation is 1. The fourth-order valence-corrected chi connectivity index (χ4v) is 5.25. The van der Waals surface area contributed by atoms with E-state index in [4.69, 9.17) is 0 Å². The summed E-state index contributed by atoms with van der Waals surface area (Å²) in [7, 11) is 0. The van der Waals surface area contributed by atoms with Gasteiger partial charge in [0.15, 0.2) is 4.96 Å². The number of hydrogen-bond acceptors (Lipinski definition) is 5. The van der Waals surface area contributed by atoms with E-state index < -0.39 is 0 Å². The third-order valence-corrected chi connectivity index (χ3v) is 6.68. The maximum Gasteiger partial charge on any atom is 0.271 e. The Hall–Kier alpha value is -2.51. The largest absolute Gasteiger partial charge is 0.331 e. The number of aromatic nitrogens is 2. The van der Waals surface area contributed by atoms with Crippen LogP contribution in [0.1, 0.15) is 27.5 Å². The Labute approximate surface area is 160 Å². The van der Waals surface area contributed by atoms with E-state index in [0.29, 0.717) is 23.3 Å². The van der Waals surface area contributed by atoms with Gasteiger partial charge in [-0.25, -0.2) is 4.98 Å². The monoisotopic (exact) mass is 380 g/mol. The van der Waals surface area contributed by atoms with Gasteiger partial charge in [0.05, 0.1) is 6.04 Å². The van der Waals surface area contributed by atoms with Gasteiger partial charge >= 0.3 is 0 Å². The van der Waals surface area contributed by atoms with E-state index in [1.165, 1.54) is 33.1 Å². The molecule has 2 aromatic heterocycles. The summed E-state index contributed by atoms with van der Waals surface area (Å²) in [5, 5.41) is 5.27. The number of carbonyl (C=O) groups excluding carboxylic acids is 1. The fourth-order valence-electron chi connectivity index (χ4n) is 4.57. The van der Waals surface area contributed by atoms with Gasteiger partial charge in [0.2, 0.25) is 0 Å². The summed E-state index contributed by atoms with van der Waals surface area (Å²) >= 11 is 1.39. The molecule has 4 heterocycles. The van der Waals surface area contributed by atoms with E-state index in [-0.39, 0.29) is 23.1 Å². The standard InChI is InChI=1S/C20H20N4O2S/c1-12-4-2-3-5-14(12)17-15-9-21-8-13(15)11-24(17)19(26)16-10-22-20-23(18(16)25)6-7-27-20/h2-7,10,13,15,17,21H,8-9,11H2,1H3/t13-,15-,17-/m0/s1. The summed E-state index contributed by atoms with van der Waals surface area (Å²) in [5.41, 5.74) is 2.21. The van der Waals surface area contributed by atoms with Crippen LogP contribution in [0, 0.1) is 18.8 Å². The van der Waals surface area contributed by atoms with Crippen molar-refractivity contribution < 1.29 is 4.79 Å². The van der Waals surface area contributed by atoms with Gasteiger partial charge in [-0.05, 0) is 24.0 Å². The highest BCUT2D eigenvalue weighted by Gasteiger charge is 2.47. The number of amides is 1. The quantitative estimate of drug-likeness (QED) is 0.739. The zero-order valence-corrected chi connectivity index (χ0v) is 15.8. The van der Waals surface area contributed by atoms with Crippen molar-refractivity contribution in [1.29, 1.82) is 0 Å². The zero-order valence-electron chi connectivity index (χ0n) is 15.0. The molecule has 0 spiro atoms. The second kappa shape index (κ2) is 6.28. The van der Waals surface area contributed by atoms with E-state index in [1.807, 2.05) is 17.0 Å². The van der Waals surface area contributed by atoms with Crippen LogP contribution in [0.15, 0.2) is 46.8 Å². The molecular formula is C20H20N4O2S. The van der Waals surface area contributed by atoms with Crippen molar-refractivity contribution in [2.45, 2.75) is 13.0 Å². The summed E-state index contributed by atoms with van der Waals surface area (Å²) in [6.45, 7) is 4.56. The first-order chi connectivity index (χ1) is 13.1. The molecule has 5 rings (SSSR count). The molecule has 0 bridgehead atoms. The first-order valence-corrected chi connectivity index (χ1v) is 10.0. The first-order valence-electron chi connectivity index (χ1n) is 9.17. The lowest BCUT2D eigenvalue weighted by Crippen LogP contribution is -2.38. The number of benzene rings is 1. The lowest BCUT2D eigenvalue weighted by Gasteiger charge is -2.29. The van der Waals surface area contributed by atoms with Crippen LogP contribution in [0.5, 0.6) is 0 Å². The summed E-state index contributed by atoms with van der Waals surface area (Å²) in [6.07, 6.45) is 3.12. The summed E-state index contributed by atoms with van der Waals surface area (Å²) < 4.78 is 1.46. The number of fused-ring (bicyclic) bond motifs is 2. The van der Waals surface area contributed by atoms with E-state index in [1.54, 1.807) is 11.6 Å². The Kier molecular flexibility index (Phi) is 3.87. The van der Waals surface area contributed by atoms with Crippen molar-refractivity contribution in [2.75, 3.05) is 19.6 Å². The first kappa shape index (κ1) is 16.6. The highest BCUT2D eigenvalue weighted by Crippen LogP contribution is 2.43. The number of rotatable bonds is 2. The average molecular weight is 380 g/mol. The van der Waals surface area contributed by atoms with Crippen LogP contribution in [0.25, 0.3) is 4.96 Å². The third-order valence-electron chi connectivity index (χ3n) is 5.91. The number of nitrogens with one attached hydrogen (secondary N) is 1. The minimum Gasteiger partial charge on any atom is -0.331 e. The van der Waals surface area contributed by atoms with Crippen molar-refractivity contribution >= 4 is 22.2 Å². The molecular weight excluding hydrogens is 360 g/mol. The maximum absolute atomic E-state index is 13.4. The number of likely N-dealkylation sites (tertiary alicyclic amines) is 1. The number of nitrogens with zero attached hydrogens (tertiary/aromatic N) is 3. The second-order valence-electron chi connectivity index (χ2n) is 7.37. The second-order valence-corrected chi connectivity index (χ2v) is 8.25. The summed E-state index contributed by atoms with van der Waals surface area (Å²) in [6, 6.07) is 8.22. The molecule has 0 radical (unpaired) electrons. The van der Waals surface area contributed by atoms with Gasteiger partial charge in [-0.2, -0.15) is 0 Å². The molecule has 3 atom stereocenters. The number of hydrogen-bond donors (Lipinski definition) is 1. The highest BCUT2D eigenvalue weighted by atomic mass is 32.1. The molecule has 2 aliphatic heterocycles. The molecule has 27 heavy (non-hydrogen) atoms. The number of carbonyl (C=O) groups is 1. The molecule has 2 saturated heterocycles. The normalized spacial score (nSPS) is 24.5. The SMILES string of the molecule is Cc1ccccc1[C@H]1[C@H]2CNC[C@H]2CN1C(=O)c1cnc2sccn2c1=O. The molecule has 0 aliphatic carbocycles. The van der Waals surface area contributed by atoms with Gasteiger partial charge in [0, 0.05) is 43.3 Å². The van der Waals surface area contributed by atoms with Gasteiger partial charge in [0.25, 0.3) is 11.5 Å². The van der Waals surface area contributed by atoms with Crippen LogP contribution in [0.2, 0.25) is 0 Å². The third kappa shape index (κ3) is 2.53. The smallest absolute Gasteiger partial charge is 0.271 e. The van der Waals surface area contributed by atoms with E-state index >= 15 is 0 Å². The summed E-state index contributed by atoms with van der Waals surface area (Å²) in [4.78, 5) is 33.0. The van der Waals surface area contributed by atoms with Crippen molar-refractivity contribution in [2.24, 2.45) is 11.8 Å². The molecule has 2 aliphatic rings. The van der Waals surface area contributed by atoms with Gasteiger partial charge in [-0.1, -0.05) is 24.3 Å². The lowest BCUT2D eigenvalue weighted by molar-refractivity contribution is 0.0711. The van der Waals surface area contributed by atoms with Gasteiger partial charge in [-0.3, -0.25) is 14.0 Å². The molecule has 0 unspecified atom stereocenters. The predicted octanol–water partition coefficient (Wildman–Crippen LogP) is 2.10. The van der Waals surface area contributed by atoms with Crippen LogP contribution in [-0.2, 0) is 0 Å². The molecule has 1 N–H and O–H groups in total. The van der Waals surface area contributed by atoms with Crippen molar-refractivity contribution in [1.82, 2.24) is 19.6 Å². The Bertz CT molecular complexity index is 1090. The lowest BCUT2D eigenvalue weighted by atomic mass is 9.87. The Balaban J connectivity index is 1.59. The predicted molar refractivity (Wildman–Crippen MR) is 104 cm³/mol. The van der Waals surface area contributed by atoms with Crippen molar-refractivity contribution in [3.8, 4) is 0 Å². The van der Waals surface area contributed by atoms with Crippen molar-refractivity contribution in [3.63, 3.8) is 0 Å². The van der Waals surface area contributed by atoms with E-state index in [0.717, 1.165) is 13.1 Å². The molecule has 3 aromatic rings. The van der Waals surface area contributed by atoms with Crippen LogP contribution >= 0.6 is 11.3 Å². The topological polar surface area (TPSA) is 66.7 Å². The molecule has 6 nitrogen and oxygen atoms in total. The molecule has 7 heteroatoms. The van der Waals surface area contributed by atoms with Gasteiger partial charge in [-0.15, -0.1) is 11.3 Å². The van der Waals surface area contributed by atoms with Crippen molar-refractivity contribution in [3.05, 3.63) is 69.1 Å². The Morgan fingerprint density at radius 3 is 3.00 bits per heavy atom. The van der Waals surface area contributed by atoms with Gasteiger partial charge < -0.3 is 10.2 Å². The molecule has 1 amide bonds. The van der Waals surface area contributed by atoms with Crippen LogP contribution in [0.3, 0.4) is 0 Å². The Morgan fingerprint density at radius 2 is 2.15 bits per heavy atom. The maximum atomic E-state index is 13.4. The average Bonchev–Trinajstić information content (AvgIpc) is 3.38. The van der Waals surface area contributed by atoms with Crippen LogP contribution < -0.4 is 10.9 Å². The Morgan fingerprint density at radius 1 is 1.30 bits per heavy atom. The van der Waals surface area contributed by atoms with Crippen LogP contribution in [-0.4, -0.2) is 39.8 Å². The minimum atomic E-state index is -0.287. The highest BCUT2D eigenvalue weighted by molar-refractivity contribution is 7.15. The molecule has 0 saturated carbocycles. The van der Waals surface area contributed by atoms with E-state index in [2.05, 4.69) is 29.4 Å². The van der Waals surface area contributed by atoms with Gasteiger partial charge in [0.1, 0.15) is 5.56 Å².